The van der Waals surface area contributed by atoms with Crippen LogP contribution in [0.4, 0.5) is 0 Å². The highest BCUT2D eigenvalue weighted by Gasteiger charge is 1.95. The minimum Gasteiger partial charge on any atom is -0.497 e. The van der Waals surface area contributed by atoms with Crippen molar-refractivity contribution in [3.8, 4) is 5.75 Å². The van der Waals surface area contributed by atoms with Crippen LogP contribution in [0.2, 0.25) is 0 Å². The van der Waals surface area contributed by atoms with Gasteiger partial charge < -0.3 is 15.2 Å². The van der Waals surface area contributed by atoms with Crippen LogP contribution in [0.3, 0.4) is 0 Å². The summed E-state index contributed by atoms with van der Waals surface area (Å²) in [5.41, 5.74) is 1.29. The molecule has 16 heavy (non-hydrogen) atoms. The van der Waals surface area contributed by atoms with E-state index in [0.717, 1.165) is 38.1 Å². The lowest BCUT2D eigenvalue weighted by atomic mass is 10.1. The molecule has 0 aliphatic heterocycles. The molecule has 0 fully saturated rings. The molecule has 0 atom stereocenters. The molecule has 1 rings (SSSR count). The molecule has 0 aliphatic rings. The van der Waals surface area contributed by atoms with Crippen molar-refractivity contribution in [2.24, 2.45) is 0 Å². The molecule has 0 heterocycles. The zero-order valence-electron chi connectivity index (χ0n) is 9.91. The van der Waals surface area contributed by atoms with Crippen LogP contribution in [0.1, 0.15) is 18.4 Å². The fraction of sp³-hybridized carbons (Fsp3) is 0.538. The van der Waals surface area contributed by atoms with Gasteiger partial charge in [0.15, 0.2) is 0 Å². The molecule has 3 heteroatoms. The van der Waals surface area contributed by atoms with Crippen LogP contribution in [0.25, 0.3) is 0 Å². The maximum Gasteiger partial charge on any atom is 0.119 e. The van der Waals surface area contributed by atoms with Gasteiger partial charge in [-0.15, -0.1) is 0 Å². The maximum absolute atomic E-state index is 8.62. The molecule has 3 nitrogen and oxygen atoms in total. The number of unbranched alkanes of at least 4 members (excludes halogenated alkanes) is 1. The molecule has 90 valence electrons. The highest BCUT2D eigenvalue weighted by Crippen LogP contribution is 2.12. The van der Waals surface area contributed by atoms with E-state index in [4.69, 9.17) is 9.84 Å². The van der Waals surface area contributed by atoms with E-state index in [9.17, 15) is 0 Å². The van der Waals surface area contributed by atoms with Crippen molar-refractivity contribution in [2.75, 3.05) is 26.8 Å². The number of rotatable bonds is 8. The van der Waals surface area contributed by atoms with E-state index in [1.807, 2.05) is 12.1 Å². The van der Waals surface area contributed by atoms with Gasteiger partial charge in [-0.1, -0.05) is 12.1 Å². The van der Waals surface area contributed by atoms with Gasteiger partial charge in [0, 0.05) is 6.61 Å². The number of benzene rings is 1. The summed E-state index contributed by atoms with van der Waals surface area (Å²) in [6, 6.07) is 8.14. The molecular weight excluding hydrogens is 202 g/mol. The first-order valence-corrected chi connectivity index (χ1v) is 5.81. The summed E-state index contributed by atoms with van der Waals surface area (Å²) in [6.07, 6.45) is 2.93. The number of ether oxygens (including phenoxy) is 1. The SMILES string of the molecule is COc1cccc(CCNCCCCO)c1. The number of methoxy groups -OCH3 is 1. The number of nitrogens with one attached hydrogen (secondary N) is 1. The van der Waals surface area contributed by atoms with Crippen LogP contribution in [0.5, 0.6) is 5.75 Å². The van der Waals surface area contributed by atoms with Crippen molar-refractivity contribution < 1.29 is 9.84 Å². The molecule has 0 saturated carbocycles. The summed E-state index contributed by atoms with van der Waals surface area (Å²) in [5, 5.41) is 12.0. The van der Waals surface area contributed by atoms with Crippen molar-refractivity contribution in [3.05, 3.63) is 29.8 Å². The van der Waals surface area contributed by atoms with Crippen molar-refractivity contribution in [1.29, 1.82) is 0 Å². The predicted octanol–water partition coefficient (Wildman–Crippen LogP) is 1.60. The fourth-order valence-corrected chi connectivity index (χ4v) is 1.55. The molecule has 0 saturated heterocycles. The van der Waals surface area contributed by atoms with Crippen molar-refractivity contribution in [1.82, 2.24) is 5.32 Å². The van der Waals surface area contributed by atoms with E-state index < -0.39 is 0 Å². The predicted molar refractivity (Wildman–Crippen MR) is 65.9 cm³/mol. The van der Waals surface area contributed by atoms with E-state index >= 15 is 0 Å². The average molecular weight is 223 g/mol. The van der Waals surface area contributed by atoms with E-state index in [0.29, 0.717) is 0 Å². The van der Waals surface area contributed by atoms with Crippen LogP contribution in [-0.2, 0) is 6.42 Å². The maximum atomic E-state index is 8.62. The molecule has 0 radical (unpaired) electrons. The number of hydrogen-bond donors (Lipinski definition) is 2. The van der Waals surface area contributed by atoms with Gasteiger partial charge in [-0.2, -0.15) is 0 Å². The van der Waals surface area contributed by atoms with Crippen molar-refractivity contribution >= 4 is 0 Å². The molecule has 0 spiro atoms. The van der Waals surface area contributed by atoms with E-state index in [1.54, 1.807) is 7.11 Å². The second kappa shape index (κ2) is 8.13. The molecule has 0 amide bonds. The Morgan fingerprint density at radius 2 is 2.12 bits per heavy atom. The smallest absolute Gasteiger partial charge is 0.119 e. The van der Waals surface area contributed by atoms with Crippen LogP contribution in [0.15, 0.2) is 24.3 Å². The van der Waals surface area contributed by atoms with Gasteiger partial charge in [0.2, 0.25) is 0 Å². The first-order chi connectivity index (χ1) is 7.86. The van der Waals surface area contributed by atoms with Gasteiger partial charge in [0.05, 0.1) is 7.11 Å². The Hall–Kier alpha value is -1.06. The third-order valence-corrected chi connectivity index (χ3v) is 2.49. The van der Waals surface area contributed by atoms with Gasteiger partial charge in [-0.05, 0) is 50.0 Å². The highest BCUT2D eigenvalue weighted by atomic mass is 16.5. The molecule has 0 unspecified atom stereocenters. The monoisotopic (exact) mass is 223 g/mol. The summed E-state index contributed by atoms with van der Waals surface area (Å²) < 4.78 is 5.17. The lowest BCUT2D eigenvalue weighted by Gasteiger charge is -2.06. The first kappa shape index (κ1) is 13.0. The van der Waals surface area contributed by atoms with Crippen LogP contribution >= 0.6 is 0 Å². The van der Waals surface area contributed by atoms with Crippen LogP contribution < -0.4 is 10.1 Å². The zero-order chi connectivity index (χ0) is 11.6. The quantitative estimate of drug-likeness (QED) is 0.658. The molecule has 0 aliphatic carbocycles. The molecule has 1 aromatic rings. The van der Waals surface area contributed by atoms with Crippen molar-refractivity contribution in [2.45, 2.75) is 19.3 Å². The second-order valence-electron chi connectivity index (χ2n) is 3.78. The minimum atomic E-state index is 0.289. The highest BCUT2D eigenvalue weighted by molar-refractivity contribution is 5.28. The number of aliphatic hydroxyl groups is 1. The summed E-state index contributed by atoms with van der Waals surface area (Å²) in [4.78, 5) is 0. The largest absolute Gasteiger partial charge is 0.497 e. The normalized spacial score (nSPS) is 10.4. The van der Waals surface area contributed by atoms with Gasteiger partial charge in [-0.25, -0.2) is 0 Å². The van der Waals surface area contributed by atoms with Gasteiger partial charge >= 0.3 is 0 Å². The molecule has 1 aromatic carbocycles. The lowest BCUT2D eigenvalue weighted by molar-refractivity contribution is 0.284. The summed E-state index contributed by atoms with van der Waals surface area (Å²) in [6.45, 7) is 2.24. The molecule has 0 bridgehead atoms. The Morgan fingerprint density at radius 3 is 2.88 bits per heavy atom. The first-order valence-electron chi connectivity index (χ1n) is 5.81. The number of hydrogen-bond acceptors (Lipinski definition) is 3. The third kappa shape index (κ3) is 5.14. The van der Waals surface area contributed by atoms with E-state index in [1.165, 1.54) is 5.56 Å². The van der Waals surface area contributed by atoms with Gasteiger partial charge in [0.25, 0.3) is 0 Å². The van der Waals surface area contributed by atoms with E-state index in [-0.39, 0.29) is 6.61 Å². The third-order valence-electron chi connectivity index (χ3n) is 2.49. The Balaban J connectivity index is 2.16. The number of aliphatic hydroxyl groups excluding tert-OH is 1. The van der Waals surface area contributed by atoms with Crippen molar-refractivity contribution in [3.63, 3.8) is 0 Å². The summed E-state index contributed by atoms with van der Waals surface area (Å²) in [5.74, 6) is 0.915. The van der Waals surface area contributed by atoms with E-state index in [2.05, 4.69) is 17.4 Å². The Kier molecular flexibility index (Phi) is 6.61. The lowest BCUT2D eigenvalue weighted by Crippen LogP contribution is -2.18. The Morgan fingerprint density at radius 1 is 1.25 bits per heavy atom. The van der Waals surface area contributed by atoms with Crippen LogP contribution in [-0.4, -0.2) is 31.9 Å². The molecular formula is C13H21NO2. The topological polar surface area (TPSA) is 41.5 Å². The minimum absolute atomic E-state index is 0.289. The Labute approximate surface area is 97.4 Å². The van der Waals surface area contributed by atoms with Gasteiger partial charge in [0.1, 0.15) is 5.75 Å². The summed E-state index contributed by atoms with van der Waals surface area (Å²) >= 11 is 0. The standard InChI is InChI=1S/C13H21NO2/c1-16-13-6-4-5-12(11-13)7-9-14-8-2-3-10-15/h4-6,11,14-15H,2-3,7-10H2,1H3. The average Bonchev–Trinajstić information content (AvgIpc) is 2.34. The Bertz CT molecular complexity index is 289. The van der Waals surface area contributed by atoms with Gasteiger partial charge in [-0.3, -0.25) is 0 Å². The second-order valence-corrected chi connectivity index (χ2v) is 3.78. The fourth-order valence-electron chi connectivity index (χ4n) is 1.55. The molecule has 0 aromatic heterocycles. The van der Waals surface area contributed by atoms with Crippen LogP contribution in [0, 0.1) is 0 Å². The molecule has 2 N–H and O–H groups in total. The zero-order valence-corrected chi connectivity index (χ0v) is 9.91. The summed E-state index contributed by atoms with van der Waals surface area (Å²) in [7, 11) is 1.69.